The molecular weight excluding hydrogens is 326 g/mol. The molecule has 1 unspecified atom stereocenters. The number of unbranched alkanes of at least 4 members (excludes halogenated alkanes) is 1. The van der Waals surface area contributed by atoms with Gasteiger partial charge in [0.1, 0.15) is 0 Å². The van der Waals surface area contributed by atoms with Crippen molar-refractivity contribution in [3.05, 3.63) is 35.7 Å². The van der Waals surface area contributed by atoms with E-state index in [9.17, 15) is 14.8 Å². The number of anilines is 1. The number of carbonyl (C=O) groups excluding carboxylic acids is 2. The van der Waals surface area contributed by atoms with Crippen molar-refractivity contribution in [2.24, 2.45) is 5.92 Å². The summed E-state index contributed by atoms with van der Waals surface area (Å²) in [5, 5.41) is 15.1. The van der Waals surface area contributed by atoms with Crippen molar-refractivity contribution in [2.75, 3.05) is 11.9 Å². The molecular formula is C17H21N3O3S. The molecule has 24 heavy (non-hydrogen) atoms. The van der Waals surface area contributed by atoms with E-state index in [0.717, 1.165) is 24.1 Å². The van der Waals surface area contributed by atoms with E-state index in [1.54, 1.807) is 0 Å². The van der Waals surface area contributed by atoms with Crippen molar-refractivity contribution in [3.8, 4) is 11.3 Å². The number of hydroxylamine groups is 2. The molecule has 0 fully saturated rings. The van der Waals surface area contributed by atoms with Gasteiger partial charge in [-0.2, -0.15) is 0 Å². The molecule has 2 N–H and O–H groups in total. The van der Waals surface area contributed by atoms with Crippen LogP contribution >= 0.6 is 11.3 Å². The highest BCUT2D eigenvalue weighted by atomic mass is 32.1. The zero-order valence-corrected chi connectivity index (χ0v) is 14.3. The highest BCUT2D eigenvalue weighted by Gasteiger charge is 2.21. The van der Waals surface area contributed by atoms with Crippen LogP contribution in [0.15, 0.2) is 35.7 Å². The van der Waals surface area contributed by atoms with Crippen LogP contribution in [0.3, 0.4) is 0 Å². The topological polar surface area (TPSA) is 82.5 Å². The average Bonchev–Trinajstić information content (AvgIpc) is 3.07. The Labute approximate surface area is 145 Å². The number of hydrogen-bond acceptors (Lipinski definition) is 5. The summed E-state index contributed by atoms with van der Waals surface area (Å²) in [5.41, 5.74) is 1.79. The van der Waals surface area contributed by atoms with Crippen molar-refractivity contribution < 1.29 is 14.8 Å². The van der Waals surface area contributed by atoms with Crippen LogP contribution in [-0.4, -0.2) is 34.1 Å². The van der Waals surface area contributed by atoms with Crippen LogP contribution in [0.5, 0.6) is 0 Å². The van der Waals surface area contributed by atoms with E-state index >= 15 is 0 Å². The normalized spacial score (nSPS) is 11.8. The maximum absolute atomic E-state index is 12.4. The molecule has 0 aliphatic rings. The first-order valence-electron chi connectivity index (χ1n) is 7.86. The maximum atomic E-state index is 12.4. The number of hydrogen-bond donors (Lipinski definition) is 2. The van der Waals surface area contributed by atoms with Crippen molar-refractivity contribution in [2.45, 2.75) is 26.2 Å². The second kappa shape index (κ2) is 9.14. The third-order valence-corrected chi connectivity index (χ3v) is 4.37. The third-order valence-electron chi connectivity index (χ3n) is 3.61. The molecule has 0 saturated heterocycles. The Morgan fingerprint density at radius 3 is 2.83 bits per heavy atom. The molecule has 7 heteroatoms. The second-order valence-electron chi connectivity index (χ2n) is 5.46. The van der Waals surface area contributed by atoms with Crippen LogP contribution in [-0.2, 0) is 9.59 Å². The third kappa shape index (κ3) is 5.14. The summed E-state index contributed by atoms with van der Waals surface area (Å²) in [4.78, 5) is 27.4. The highest BCUT2D eigenvalue weighted by Crippen LogP contribution is 2.25. The molecule has 0 spiro atoms. The molecule has 1 aromatic carbocycles. The van der Waals surface area contributed by atoms with E-state index < -0.39 is 5.92 Å². The Morgan fingerprint density at radius 1 is 1.42 bits per heavy atom. The van der Waals surface area contributed by atoms with Gasteiger partial charge < -0.3 is 5.32 Å². The number of thiazole rings is 1. The Bertz CT molecular complexity index is 660. The predicted octanol–water partition coefficient (Wildman–Crippen LogP) is 3.40. The fourth-order valence-electron chi connectivity index (χ4n) is 2.30. The Balaban J connectivity index is 2.03. The van der Waals surface area contributed by atoms with Gasteiger partial charge in [0.05, 0.1) is 18.2 Å². The van der Waals surface area contributed by atoms with Crippen LogP contribution in [0.2, 0.25) is 0 Å². The average molecular weight is 347 g/mol. The zero-order valence-electron chi connectivity index (χ0n) is 13.5. The molecule has 2 amide bonds. The van der Waals surface area contributed by atoms with Gasteiger partial charge in [-0.05, 0) is 6.42 Å². The van der Waals surface area contributed by atoms with Crippen LogP contribution < -0.4 is 5.32 Å². The lowest BCUT2D eigenvalue weighted by atomic mass is 10.0. The standard InChI is InChI=1S/C17H21N3O3S/c1-2-3-7-14(10-20(23)12-21)16(22)19-17-18-15(11-24-17)13-8-5-4-6-9-13/h4-6,8-9,11-12,14,23H,2-3,7,10H2,1H3,(H,18,19,22). The monoisotopic (exact) mass is 347 g/mol. The van der Waals surface area contributed by atoms with Gasteiger partial charge in [-0.1, -0.05) is 50.1 Å². The van der Waals surface area contributed by atoms with Gasteiger partial charge in [-0.15, -0.1) is 11.3 Å². The van der Waals surface area contributed by atoms with Gasteiger partial charge in [0.2, 0.25) is 12.3 Å². The Morgan fingerprint density at radius 2 is 2.17 bits per heavy atom. The molecule has 6 nitrogen and oxygen atoms in total. The summed E-state index contributed by atoms with van der Waals surface area (Å²) in [7, 11) is 0. The van der Waals surface area contributed by atoms with Gasteiger partial charge in [0, 0.05) is 10.9 Å². The molecule has 0 bridgehead atoms. The smallest absolute Gasteiger partial charge is 0.233 e. The molecule has 1 atom stereocenters. The molecule has 1 heterocycles. The summed E-state index contributed by atoms with van der Waals surface area (Å²) in [6, 6.07) is 9.72. The van der Waals surface area contributed by atoms with E-state index in [1.807, 2.05) is 42.6 Å². The molecule has 0 aliphatic carbocycles. The first kappa shape index (κ1) is 18.1. The number of aromatic nitrogens is 1. The van der Waals surface area contributed by atoms with E-state index in [0.29, 0.717) is 23.0 Å². The van der Waals surface area contributed by atoms with Crippen molar-refractivity contribution in [3.63, 3.8) is 0 Å². The number of amides is 2. The minimum atomic E-state index is -0.468. The summed E-state index contributed by atoms with van der Waals surface area (Å²) >= 11 is 1.35. The molecule has 0 saturated carbocycles. The summed E-state index contributed by atoms with van der Waals surface area (Å²) in [6.45, 7) is 2.00. The number of carbonyl (C=O) groups is 2. The SMILES string of the molecule is CCCCC(CN(O)C=O)C(=O)Nc1nc(-c2ccccc2)cs1. The first-order chi connectivity index (χ1) is 11.6. The molecule has 128 valence electrons. The maximum Gasteiger partial charge on any atom is 0.233 e. The van der Waals surface area contributed by atoms with Crippen molar-refractivity contribution >= 4 is 28.8 Å². The number of nitrogens with one attached hydrogen (secondary N) is 1. The van der Waals surface area contributed by atoms with Crippen molar-refractivity contribution in [1.82, 2.24) is 10.0 Å². The van der Waals surface area contributed by atoms with Crippen LogP contribution in [0.1, 0.15) is 26.2 Å². The van der Waals surface area contributed by atoms with Crippen LogP contribution in [0.4, 0.5) is 5.13 Å². The lowest BCUT2D eigenvalue weighted by Gasteiger charge is -2.18. The molecule has 2 aromatic rings. The molecule has 1 aromatic heterocycles. The lowest BCUT2D eigenvalue weighted by Crippen LogP contribution is -2.33. The lowest BCUT2D eigenvalue weighted by molar-refractivity contribution is -0.153. The van der Waals surface area contributed by atoms with Crippen LogP contribution in [0, 0.1) is 5.92 Å². The first-order valence-corrected chi connectivity index (χ1v) is 8.74. The Hall–Kier alpha value is -2.25. The summed E-state index contributed by atoms with van der Waals surface area (Å²) in [6.07, 6.45) is 2.69. The fraction of sp³-hybridized carbons (Fsp3) is 0.353. The predicted molar refractivity (Wildman–Crippen MR) is 93.8 cm³/mol. The van der Waals surface area contributed by atoms with Crippen molar-refractivity contribution in [1.29, 1.82) is 0 Å². The highest BCUT2D eigenvalue weighted by molar-refractivity contribution is 7.14. The summed E-state index contributed by atoms with van der Waals surface area (Å²) in [5.74, 6) is -0.706. The van der Waals surface area contributed by atoms with Crippen LogP contribution in [0.25, 0.3) is 11.3 Å². The number of nitrogens with zero attached hydrogens (tertiary/aromatic N) is 2. The van der Waals surface area contributed by atoms with Gasteiger partial charge in [-0.25, -0.2) is 10.0 Å². The van der Waals surface area contributed by atoms with E-state index in [4.69, 9.17) is 0 Å². The zero-order chi connectivity index (χ0) is 17.4. The van der Waals surface area contributed by atoms with E-state index in [-0.39, 0.29) is 12.5 Å². The fourth-order valence-corrected chi connectivity index (χ4v) is 3.03. The van der Waals surface area contributed by atoms with Gasteiger partial charge in [-0.3, -0.25) is 14.8 Å². The minimum Gasteiger partial charge on any atom is -0.302 e. The molecule has 0 radical (unpaired) electrons. The van der Waals surface area contributed by atoms with Gasteiger partial charge >= 0.3 is 0 Å². The number of benzene rings is 1. The van der Waals surface area contributed by atoms with Gasteiger partial charge in [0.25, 0.3) is 0 Å². The Kier molecular flexibility index (Phi) is 6.89. The largest absolute Gasteiger partial charge is 0.302 e. The second-order valence-corrected chi connectivity index (χ2v) is 6.32. The molecule has 2 rings (SSSR count). The summed E-state index contributed by atoms with van der Waals surface area (Å²) < 4.78 is 0. The quantitative estimate of drug-likeness (QED) is 0.414. The van der Waals surface area contributed by atoms with E-state index in [1.165, 1.54) is 11.3 Å². The molecule has 0 aliphatic heterocycles. The number of rotatable bonds is 9. The van der Waals surface area contributed by atoms with E-state index in [2.05, 4.69) is 10.3 Å². The minimum absolute atomic E-state index is 0.0216. The van der Waals surface area contributed by atoms with Gasteiger partial charge in [0.15, 0.2) is 5.13 Å².